The van der Waals surface area contributed by atoms with Gasteiger partial charge in [0.2, 0.25) is 0 Å². The van der Waals surface area contributed by atoms with E-state index in [9.17, 15) is 4.79 Å². The van der Waals surface area contributed by atoms with Crippen LogP contribution in [0.3, 0.4) is 0 Å². The molecule has 0 aromatic heterocycles. The van der Waals surface area contributed by atoms with Gasteiger partial charge in [0, 0.05) is 23.1 Å². The Morgan fingerprint density at radius 3 is 3.06 bits per heavy atom. The predicted molar refractivity (Wildman–Crippen MR) is 61.3 cm³/mol. The van der Waals surface area contributed by atoms with E-state index in [0.29, 0.717) is 6.61 Å². The highest BCUT2D eigenvalue weighted by molar-refractivity contribution is 5.87. The number of carboxylic acids is 1. The average Bonchev–Trinajstić information content (AvgIpc) is 2.30. The third kappa shape index (κ3) is 3.45. The van der Waals surface area contributed by atoms with Crippen LogP contribution < -0.4 is 5.73 Å². The SMILES string of the molecule is CCCO[C@@H]1C=C(C(=O)O)C[C@H](N=[N+]=[N-])[C@H]1N. The Kier molecular flexibility index (Phi) is 4.96. The highest BCUT2D eigenvalue weighted by Gasteiger charge is 2.32. The fraction of sp³-hybridized carbons (Fsp3) is 0.700. The zero-order chi connectivity index (χ0) is 12.8. The van der Waals surface area contributed by atoms with Crippen molar-refractivity contribution in [3.05, 3.63) is 22.1 Å². The molecule has 0 bridgehead atoms. The monoisotopic (exact) mass is 240 g/mol. The van der Waals surface area contributed by atoms with Crippen molar-refractivity contribution < 1.29 is 14.6 Å². The van der Waals surface area contributed by atoms with Crippen LogP contribution in [0.1, 0.15) is 19.8 Å². The molecule has 0 heterocycles. The zero-order valence-electron chi connectivity index (χ0n) is 9.61. The van der Waals surface area contributed by atoms with E-state index in [1.165, 1.54) is 6.08 Å². The molecule has 7 heteroatoms. The molecule has 0 radical (unpaired) electrons. The normalized spacial score (nSPS) is 28.1. The number of hydrogen-bond donors (Lipinski definition) is 2. The molecule has 0 saturated carbocycles. The van der Waals surface area contributed by atoms with Crippen molar-refractivity contribution in [3.63, 3.8) is 0 Å². The fourth-order valence-electron chi connectivity index (χ4n) is 1.71. The van der Waals surface area contributed by atoms with E-state index in [4.69, 9.17) is 21.1 Å². The number of hydrogen-bond acceptors (Lipinski definition) is 4. The summed E-state index contributed by atoms with van der Waals surface area (Å²) in [5.41, 5.74) is 14.5. The van der Waals surface area contributed by atoms with Crippen molar-refractivity contribution in [2.24, 2.45) is 10.8 Å². The van der Waals surface area contributed by atoms with Crippen molar-refractivity contribution in [3.8, 4) is 0 Å². The van der Waals surface area contributed by atoms with E-state index >= 15 is 0 Å². The smallest absolute Gasteiger partial charge is 0.331 e. The molecule has 0 fully saturated rings. The summed E-state index contributed by atoms with van der Waals surface area (Å²) < 4.78 is 5.45. The lowest BCUT2D eigenvalue weighted by Gasteiger charge is -2.31. The Morgan fingerprint density at radius 2 is 2.53 bits per heavy atom. The molecule has 0 aromatic carbocycles. The lowest BCUT2D eigenvalue weighted by molar-refractivity contribution is -0.133. The molecular formula is C10H16N4O3. The van der Waals surface area contributed by atoms with Crippen LogP contribution in [0.5, 0.6) is 0 Å². The van der Waals surface area contributed by atoms with Crippen LogP contribution in [-0.4, -0.2) is 35.9 Å². The second-order valence-electron chi connectivity index (χ2n) is 3.89. The Balaban J connectivity index is 2.88. The van der Waals surface area contributed by atoms with E-state index in [0.717, 1.165) is 6.42 Å². The molecule has 17 heavy (non-hydrogen) atoms. The van der Waals surface area contributed by atoms with Crippen LogP contribution in [0.4, 0.5) is 0 Å². The van der Waals surface area contributed by atoms with Gasteiger partial charge in [-0.05, 0) is 24.4 Å². The number of azide groups is 1. The Bertz CT molecular complexity index is 363. The molecule has 0 unspecified atom stereocenters. The van der Waals surface area contributed by atoms with Crippen molar-refractivity contribution in [1.82, 2.24) is 0 Å². The molecule has 7 nitrogen and oxygen atoms in total. The summed E-state index contributed by atoms with van der Waals surface area (Å²) in [6, 6.07) is -1.07. The number of ether oxygens (including phenoxy) is 1. The van der Waals surface area contributed by atoms with Gasteiger partial charge in [-0.1, -0.05) is 12.0 Å². The summed E-state index contributed by atoms with van der Waals surface area (Å²) >= 11 is 0. The van der Waals surface area contributed by atoms with Crippen LogP contribution in [0.15, 0.2) is 16.8 Å². The molecule has 1 aliphatic carbocycles. The van der Waals surface area contributed by atoms with Gasteiger partial charge >= 0.3 is 5.97 Å². The number of nitrogens with two attached hydrogens (primary N) is 1. The molecular weight excluding hydrogens is 224 g/mol. The van der Waals surface area contributed by atoms with Gasteiger partial charge in [0.05, 0.1) is 12.1 Å². The van der Waals surface area contributed by atoms with E-state index in [1.54, 1.807) is 0 Å². The van der Waals surface area contributed by atoms with Crippen LogP contribution in [-0.2, 0) is 9.53 Å². The maximum absolute atomic E-state index is 10.9. The summed E-state index contributed by atoms with van der Waals surface area (Å²) in [5.74, 6) is -1.03. The number of aliphatic carboxylic acids is 1. The largest absolute Gasteiger partial charge is 0.478 e. The second kappa shape index (κ2) is 6.24. The van der Waals surface area contributed by atoms with E-state index in [1.807, 2.05) is 6.92 Å². The van der Waals surface area contributed by atoms with Gasteiger partial charge < -0.3 is 15.6 Å². The molecule has 94 valence electrons. The van der Waals surface area contributed by atoms with Crippen molar-refractivity contribution in [2.75, 3.05) is 6.61 Å². The number of carbonyl (C=O) groups is 1. The van der Waals surface area contributed by atoms with Gasteiger partial charge in [0.15, 0.2) is 0 Å². The maximum atomic E-state index is 10.9. The highest BCUT2D eigenvalue weighted by atomic mass is 16.5. The minimum absolute atomic E-state index is 0.145. The van der Waals surface area contributed by atoms with E-state index in [-0.39, 0.29) is 12.0 Å². The second-order valence-corrected chi connectivity index (χ2v) is 3.89. The summed E-state index contributed by atoms with van der Waals surface area (Å²) in [6.45, 7) is 2.44. The first-order valence-electron chi connectivity index (χ1n) is 5.45. The Labute approximate surface area is 98.9 Å². The van der Waals surface area contributed by atoms with Gasteiger partial charge in [-0.2, -0.15) is 0 Å². The molecule has 0 spiro atoms. The zero-order valence-corrected chi connectivity index (χ0v) is 9.61. The third-order valence-corrected chi connectivity index (χ3v) is 2.61. The van der Waals surface area contributed by atoms with Crippen molar-refractivity contribution in [2.45, 2.75) is 38.0 Å². The van der Waals surface area contributed by atoms with Crippen LogP contribution in [0.25, 0.3) is 10.4 Å². The maximum Gasteiger partial charge on any atom is 0.331 e. The number of nitrogens with zero attached hydrogens (tertiary/aromatic N) is 3. The van der Waals surface area contributed by atoms with Gasteiger partial charge in [-0.3, -0.25) is 0 Å². The minimum atomic E-state index is -1.03. The summed E-state index contributed by atoms with van der Waals surface area (Å²) in [7, 11) is 0. The minimum Gasteiger partial charge on any atom is -0.478 e. The molecule has 0 saturated heterocycles. The van der Waals surface area contributed by atoms with Crippen LogP contribution in [0.2, 0.25) is 0 Å². The lowest BCUT2D eigenvalue weighted by atomic mass is 9.89. The molecule has 1 rings (SSSR count). The van der Waals surface area contributed by atoms with Gasteiger partial charge in [-0.15, -0.1) is 0 Å². The summed E-state index contributed by atoms with van der Waals surface area (Å²) in [4.78, 5) is 13.6. The molecule has 0 aromatic rings. The quantitative estimate of drug-likeness (QED) is 0.426. The first-order valence-corrected chi connectivity index (χ1v) is 5.45. The first-order chi connectivity index (χ1) is 8.10. The molecule has 0 amide bonds. The van der Waals surface area contributed by atoms with E-state index in [2.05, 4.69) is 10.0 Å². The fourth-order valence-corrected chi connectivity index (χ4v) is 1.71. The van der Waals surface area contributed by atoms with Gasteiger partial charge in [-0.25, -0.2) is 4.79 Å². The Morgan fingerprint density at radius 1 is 1.82 bits per heavy atom. The molecule has 3 atom stereocenters. The van der Waals surface area contributed by atoms with Crippen LogP contribution in [0, 0.1) is 0 Å². The molecule has 0 aliphatic heterocycles. The first kappa shape index (κ1) is 13.5. The summed E-state index contributed by atoms with van der Waals surface area (Å²) in [6.07, 6.45) is 1.95. The van der Waals surface area contributed by atoms with Crippen molar-refractivity contribution >= 4 is 5.97 Å². The molecule has 1 aliphatic rings. The molecule has 3 N–H and O–H groups in total. The highest BCUT2D eigenvalue weighted by Crippen LogP contribution is 2.23. The van der Waals surface area contributed by atoms with E-state index < -0.39 is 24.2 Å². The number of carboxylic acid groups (broad SMARTS) is 1. The van der Waals surface area contributed by atoms with Gasteiger partial charge in [0.25, 0.3) is 0 Å². The number of rotatable bonds is 5. The third-order valence-electron chi connectivity index (χ3n) is 2.61. The standard InChI is InChI=1S/C10H16N4O3/c1-2-3-17-8-5-6(10(15)16)4-7(9(8)11)13-14-12/h5,7-9H,2-4,11H2,1H3,(H,15,16)/t7-,8+,9+/m0/s1. The topological polar surface area (TPSA) is 121 Å². The Hall–Kier alpha value is -1.56. The van der Waals surface area contributed by atoms with Gasteiger partial charge in [0.1, 0.15) is 0 Å². The van der Waals surface area contributed by atoms with Crippen molar-refractivity contribution in [1.29, 1.82) is 0 Å². The average molecular weight is 240 g/mol. The lowest BCUT2D eigenvalue weighted by Crippen LogP contribution is -2.47. The summed E-state index contributed by atoms with van der Waals surface area (Å²) in [5, 5.41) is 12.5. The van der Waals surface area contributed by atoms with Crippen LogP contribution >= 0.6 is 0 Å². The predicted octanol–water partition coefficient (Wildman–Crippen LogP) is 1.20.